The van der Waals surface area contributed by atoms with Crippen molar-refractivity contribution in [2.75, 3.05) is 16.8 Å². The summed E-state index contributed by atoms with van der Waals surface area (Å²) >= 11 is 0. The first-order chi connectivity index (χ1) is 8.96. The zero-order valence-corrected chi connectivity index (χ0v) is 11.6. The van der Waals surface area contributed by atoms with Crippen LogP contribution in [0.1, 0.15) is 12.1 Å². The minimum absolute atomic E-state index is 0.0849. The van der Waals surface area contributed by atoms with Gasteiger partial charge >= 0.3 is 0 Å². The second-order valence-corrected chi connectivity index (χ2v) is 7.10. The summed E-state index contributed by atoms with van der Waals surface area (Å²) < 4.78 is 24.7. The molecule has 0 amide bonds. The molecule has 19 heavy (non-hydrogen) atoms. The lowest BCUT2D eigenvalue weighted by molar-refractivity contribution is 0.602. The van der Waals surface area contributed by atoms with Crippen molar-refractivity contribution in [1.29, 1.82) is 0 Å². The Morgan fingerprint density at radius 1 is 1.42 bits per heavy atom. The molecule has 0 radical (unpaired) electrons. The monoisotopic (exact) mass is 281 g/mol. The predicted octanol–water partition coefficient (Wildman–Crippen LogP) is 0.271. The molecular formula is C11H15N5O2S. The fraction of sp³-hybridized carbons (Fsp3) is 0.545. The van der Waals surface area contributed by atoms with Crippen LogP contribution in [0.15, 0.2) is 6.33 Å². The maximum absolute atomic E-state index is 11.5. The van der Waals surface area contributed by atoms with Gasteiger partial charge in [-0.05, 0) is 13.3 Å². The van der Waals surface area contributed by atoms with Crippen molar-refractivity contribution in [3.63, 3.8) is 0 Å². The van der Waals surface area contributed by atoms with Gasteiger partial charge in [-0.2, -0.15) is 5.10 Å². The smallest absolute Gasteiger partial charge is 0.155 e. The highest BCUT2D eigenvalue weighted by Crippen LogP contribution is 2.23. The standard InChI is InChI=1S/C11H15N5O2S/c1-7-9-10(16(2)15-7)11(13-6-12-9)14-8-3-4-19(17,18)5-8/h6,8H,3-5H2,1-2H3,(H,12,13,14)/t8-/m1/s1. The lowest BCUT2D eigenvalue weighted by Gasteiger charge is -2.12. The number of anilines is 1. The van der Waals surface area contributed by atoms with Gasteiger partial charge in [0.25, 0.3) is 0 Å². The highest BCUT2D eigenvalue weighted by Gasteiger charge is 2.28. The van der Waals surface area contributed by atoms with Gasteiger partial charge in [-0.1, -0.05) is 0 Å². The van der Waals surface area contributed by atoms with Crippen LogP contribution in [0.2, 0.25) is 0 Å². The van der Waals surface area contributed by atoms with Gasteiger partial charge in [-0.3, -0.25) is 4.68 Å². The van der Waals surface area contributed by atoms with Gasteiger partial charge < -0.3 is 5.32 Å². The Kier molecular flexibility index (Phi) is 2.70. The number of nitrogens with one attached hydrogen (secondary N) is 1. The van der Waals surface area contributed by atoms with Crippen LogP contribution < -0.4 is 5.32 Å². The predicted molar refractivity (Wildman–Crippen MR) is 71.7 cm³/mol. The van der Waals surface area contributed by atoms with E-state index in [9.17, 15) is 8.42 Å². The number of fused-ring (bicyclic) bond motifs is 1. The van der Waals surface area contributed by atoms with Crippen molar-refractivity contribution in [3.05, 3.63) is 12.0 Å². The molecule has 1 saturated heterocycles. The first-order valence-corrected chi connectivity index (χ1v) is 7.90. The molecule has 1 fully saturated rings. The summed E-state index contributed by atoms with van der Waals surface area (Å²) in [6.07, 6.45) is 2.09. The summed E-state index contributed by atoms with van der Waals surface area (Å²) in [6, 6.07) is -0.0849. The highest BCUT2D eigenvalue weighted by atomic mass is 32.2. The summed E-state index contributed by atoms with van der Waals surface area (Å²) in [4.78, 5) is 8.43. The fourth-order valence-electron chi connectivity index (χ4n) is 2.48. The Morgan fingerprint density at radius 2 is 2.21 bits per heavy atom. The Hall–Kier alpha value is -1.70. The number of aromatic nitrogens is 4. The van der Waals surface area contributed by atoms with Gasteiger partial charge in [0, 0.05) is 13.1 Å². The molecule has 2 aromatic rings. The number of nitrogens with zero attached hydrogens (tertiary/aromatic N) is 4. The van der Waals surface area contributed by atoms with E-state index < -0.39 is 9.84 Å². The number of hydrogen-bond donors (Lipinski definition) is 1. The number of aryl methyl sites for hydroxylation is 2. The van der Waals surface area contributed by atoms with Crippen molar-refractivity contribution in [2.45, 2.75) is 19.4 Å². The van der Waals surface area contributed by atoms with E-state index in [0.29, 0.717) is 12.2 Å². The van der Waals surface area contributed by atoms with Crippen molar-refractivity contribution < 1.29 is 8.42 Å². The van der Waals surface area contributed by atoms with Gasteiger partial charge in [0.05, 0.1) is 17.2 Å². The lowest BCUT2D eigenvalue weighted by atomic mass is 10.2. The molecule has 0 aromatic carbocycles. The molecule has 102 valence electrons. The number of rotatable bonds is 2. The van der Waals surface area contributed by atoms with E-state index in [0.717, 1.165) is 16.7 Å². The average molecular weight is 281 g/mol. The largest absolute Gasteiger partial charge is 0.364 e. The van der Waals surface area contributed by atoms with Gasteiger partial charge in [-0.25, -0.2) is 18.4 Å². The summed E-state index contributed by atoms with van der Waals surface area (Å²) in [6.45, 7) is 1.89. The molecule has 3 rings (SSSR count). The molecule has 0 bridgehead atoms. The molecule has 7 nitrogen and oxygen atoms in total. The summed E-state index contributed by atoms with van der Waals surface area (Å²) in [5.74, 6) is 1.05. The fourth-order valence-corrected chi connectivity index (χ4v) is 4.15. The molecule has 0 spiro atoms. The first kappa shape index (κ1) is 12.3. The van der Waals surface area contributed by atoms with Crippen LogP contribution in [0.4, 0.5) is 5.82 Å². The Labute approximate surface area is 111 Å². The van der Waals surface area contributed by atoms with Crippen molar-refractivity contribution in [2.24, 2.45) is 7.05 Å². The van der Waals surface area contributed by atoms with E-state index >= 15 is 0 Å². The van der Waals surface area contributed by atoms with Crippen molar-refractivity contribution >= 4 is 26.7 Å². The van der Waals surface area contributed by atoms with Gasteiger partial charge in [0.2, 0.25) is 0 Å². The van der Waals surface area contributed by atoms with Crippen LogP contribution in [-0.4, -0.2) is 45.7 Å². The molecular weight excluding hydrogens is 266 g/mol. The van der Waals surface area contributed by atoms with Gasteiger partial charge in [-0.15, -0.1) is 0 Å². The molecule has 3 heterocycles. The van der Waals surface area contributed by atoms with Gasteiger partial charge in [0.1, 0.15) is 17.4 Å². The molecule has 1 atom stereocenters. The van der Waals surface area contributed by atoms with E-state index in [4.69, 9.17) is 0 Å². The molecule has 0 saturated carbocycles. The normalized spacial score (nSPS) is 21.9. The van der Waals surface area contributed by atoms with Crippen LogP contribution in [-0.2, 0) is 16.9 Å². The molecule has 0 aliphatic carbocycles. The maximum Gasteiger partial charge on any atom is 0.155 e. The second kappa shape index (κ2) is 4.16. The molecule has 1 aliphatic rings. The van der Waals surface area contributed by atoms with Crippen LogP contribution >= 0.6 is 0 Å². The molecule has 2 aromatic heterocycles. The third-order valence-electron chi connectivity index (χ3n) is 3.36. The van der Waals surface area contributed by atoms with E-state index in [1.54, 1.807) is 4.68 Å². The van der Waals surface area contributed by atoms with Crippen LogP contribution in [0.5, 0.6) is 0 Å². The first-order valence-electron chi connectivity index (χ1n) is 6.07. The lowest BCUT2D eigenvalue weighted by Crippen LogP contribution is -2.21. The zero-order valence-electron chi connectivity index (χ0n) is 10.8. The van der Waals surface area contributed by atoms with E-state index in [1.807, 2.05) is 14.0 Å². The van der Waals surface area contributed by atoms with Crippen LogP contribution in [0.3, 0.4) is 0 Å². The Balaban J connectivity index is 1.98. The Morgan fingerprint density at radius 3 is 2.89 bits per heavy atom. The summed E-state index contributed by atoms with van der Waals surface area (Å²) in [5, 5.41) is 7.51. The third-order valence-corrected chi connectivity index (χ3v) is 5.13. The number of hydrogen-bond acceptors (Lipinski definition) is 6. The SMILES string of the molecule is Cc1nn(C)c2c(N[C@@H]3CCS(=O)(=O)C3)ncnc12. The highest BCUT2D eigenvalue weighted by molar-refractivity contribution is 7.91. The third kappa shape index (κ3) is 2.16. The average Bonchev–Trinajstić information content (AvgIpc) is 2.81. The zero-order chi connectivity index (χ0) is 13.6. The maximum atomic E-state index is 11.5. The van der Waals surface area contributed by atoms with Crippen molar-refractivity contribution in [1.82, 2.24) is 19.7 Å². The Bertz CT molecular complexity index is 737. The summed E-state index contributed by atoms with van der Waals surface area (Å²) in [5.41, 5.74) is 2.44. The van der Waals surface area contributed by atoms with E-state index in [-0.39, 0.29) is 17.5 Å². The minimum Gasteiger partial charge on any atom is -0.364 e. The van der Waals surface area contributed by atoms with E-state index in [1.165, 1.54) is 6.33 Å². The molecule has 1 N–H and O–H groups in total. The van der Waals surface area contributed by atoms with Crippen LogP contribution in [0.25, 0.3) is 11.0 Å². The molecule has 8 heteroatoms. The quantitative estimate of drug-likeness (QED) is 0.850. The second-order valence-electron chi connectivity index (χ2n) is 4.87. The molecule has 0 unspecified atom stereocenters. The molecule has 1 aliphatic heterocycles. The van der Waals surface area contributed by atoms with Crippen molar-refractivity contribution in [3.8, 4) is 0 Å². The summed E-state index contributed by atoms with van der Waals surface area (Å²) in [7, 11) is -1.07. The number of sulfone groups is 1. The van der Waals surface area contributed by atoms with E-state index in [2.05, 4.69) is 20.4 Å². The minimum atomic E-state index is -2.90. The topological polar surface area (TPSA) is 89.8 Å². The van der Waals surface area contributed by atoms with Gasteiger partial charge in [0.15, 0.2) is 15.7 Å². The van der Waals surface area contributed by atoms with Crippen LogP contribution in [0, 0.1) is 6.92 Å².